The highest BCUT2D eigenvalue weighted by molar-refractivity contribution is 5.93. The molecule has 1 saturated heterocycles. The summed E-state index contributed by atoms with van der Waals surface area (Å²) in [6.45, 7) is 2.15. The summed E-state index contributed by atoms with van der Waals surface area (Å²) in [4.78, 5) is 25.0. The molecule has 2 aromatic heterocycles. The van der Waals surface area contributed by atoms with Gasteiger partial charge in [-0.1, -0.05) is 12.1 Å². The van der Waals surface area contributed by atoms with Crippen molar-refractivity contribution in [3.8, 4) is 0 Å². The number of amides is 1. The quantitative estimate of drug-likeness (QED) is 0.644. The molecule has 1 aliphatic heterocycles. The monoisotopic (exact) mass is 434 g/mol. The van der Waals surface area contributed by atoms with Gasteiger partial charge in [0.2, 0.25) is 11.9 Å². The van der Waals surface area contributed by atoms with Crippen LogP contribution in [0.15, 0.2) is 30.5 Å². The number of nitrogens with two attached hydrogens (primary N) is 1. The van der Waals surface area contributed by atoms with Gasteiger partial charge in [-0.3, -0.25) is 14.4 Å². The van der Waals surface area contributed by atoms with Crippen molar-refractivity contribution in [1.82, 2.24) is 24.6 Å². The molecular formula is C19H21F3N8O. The number of carbonyl (C=O) groups is 1. The summed E-state index contributed by atoms with van der Waals surface area (Å²) >= 11 is 0. The summed E-state index contributed by atoms with van der Waals surface area (Å²) in [6, 6.07) is 4.93. The maximum atomic E-state index is 13.1. The Bertz CT molecular complexity index is 1110. The van der Waals surface area contributed by atoms with Crippen LogP contribution in [0.1, 0.15) is 5.56 Å². The Kier molecular flexibility index (Phi) is 5.39. The number of piperazine rings is 1. The molecular weight excluding hydrogens is 413 g/mol. The van der Waals surface area contributed by atoms with Crippen molar-refractivity contribution in [2.45, 2.75) is 6.18 Å². The van der Waals surface area contributed by atoms with E-state index in [4.69, 9.17) is 5.73 Å². The standard InChI is InChI=1S/C19H21F3N8O/c1-28-17-12(10-24-28)16(23)26-18(27-17)30-8-6-29(7-9-30)11-15(31)25-14-5-3-2-4-13(14)19(20,21)22/h2-5,10H,6-9,11H2,1H3,(H,25,31)(H2,23,26,27). The van der Waals surface area contributed by atoms with E-state index in [0.29, 0.717) is 49.0 Å². The third kappa shape index (κ3) is 4.38. The minimum Gasteiger partial charge on any atom is -0.383 e. The van der Waals surface area contributed by atoms with E-state index in [1.807, 2.05) is 9.80 Å². The molecule has 0 unspecified atom stereocenters. The fourth-order valence-corrected chi connectivity index (χ4v) is 3.51. The highest BCUT2D eigenvalue weighted by atomic mass is 19.4. The van der Waals surface area contributed by atoms with E-state index in [1.54, 1.807) is 17.9 Å². The Morgan fingerprint density at radius 2 is 1.87 bits per heavy atom. The van der Waals surface area contributed by atoms with Crippen molar-refractivity contribution in [1.29, 1.82) is 0 Å². The number of benzene rings is 1. The molecule has 31 heavy (non-hydrogen) atoms. The summed E-state index contributed by atoms with van der Waals surface area (Å²) in [7, 11) is 1.77. The smallest absolute Gasteiger partial charge is 0.383 e. The number of hydrogen-bond donors (Lipinski definition) is 2. The van der Waals surface area contributed by atoms with Crippen LogP contribution in [0.4, 0.5) is 30.6 Å². The van der Waals surface area contributed by atoms with Gasteiger partial charge in [0, 0.05) is 33.2 Å². The zero-order chi connectivity index (χ0) is 22.2. The molecule has 9 nitrogen and oxygen atoms in total. The van der Waals surface area contributed by atoms with Crippen LogP contribution >= 0.6 is 0 Å². The number of alkyl halides is 3. The summed E-state index contributed by atoms with van der Waals surface area (Å²) in [5.74, 6) is 0.331. The highest BCUT2D eigenvalue weighted by Crippen LogP contribution is 2.34. The van der Waals surface area contributed by atoms with Gasteiger partial charge in [-0.25, -0.2) is 0 Å². The predicted molar refractivity (Wildman–Crippen MR) is 109 cm³/mol. The Morgan fingerprint density at radius 3 is 2.58 bits per heavy atom. The second kappa shape index (κ2) is 8.02. The number of aryl methyl sites for hydroxylation is 1. The van der Waals surface area contributed by atoms with Gasteiger partial charge in [0.15, 0.2) is 5.65 Å². The van der Waals surface area contributed by atoms with Gasteiger partial charge in [-0.15, -0.1) is 0 Å². The first-order valence-electron chi connectivity index (χ1n) is 9.61. The molecule has 3 N–H and O–H groups in total. The number of anilines is 3. The molecule has 0 saturated carbocycles. The summed E-state index contributed by atoms with van der Waals surface area (Å²) in [5.41, 5.74) is 5.53. The molecule has 0 aliphatic carbocycles. The van der Waals surface area contributed by atoms with Crippen molar-refractivity contribution in [3.63, 3.8) is 0 Å². The first-order chi connectivity index (χ1) is 14.7. The third-order valence-electron chi connectivity index (χ3n) is 5.14. The van der Waals surface area contributed by atoms with Gasteiger partial charge in [0.25, 0.3) is 0 Å². The van der Waals surface area contributed by atoms with E-state index in [9.17, 15) is 18.0 Å². The lowest BCUT2D eigenvalue weighted by Gasteiger charge is -2.34. The number of para-hydroxylation sites is 1. The molecule has 1 fully saturated rings. The van der Waals surface area contributed by atoms with Crippen molar-refractivity contribution in [3.05, 3.63) is 36.0 Å². The number of hydrogen-bond acceptors (Lipinski definition) is 7. The largest absolute Gasteiger partial charge is 0.418 e. The van der Waals surface area contributed by atoms with E-state index in [2.05, 4.69) is 20.4 Å². The summed E-state index contributed by atoms with van der Waals surface area (Å²) in [6.07, 6.45) is -2.92. The van der Waals surface area contributed by atoms with E-state index in [0.717, 1.165) is 6.07 Å². The van der Waals surface area contributed by atoms with E-state index in [-0.39, 0.29) is 12.2 Å². The number of nitrogen functional groups attached to an aromatic ring is 1. The van der Waals surface area contributed by atoms with Crippen molar-refractivity contribution < 1.29 is 18.0 Å². The fraction of sp³-hybridized carbons (Fsp3) is 0.368. The number of carbonyl (C=O) groups excluding carboxylic acids is 1. The third-order valence-corrected chi connectivity index (χ3v) is 5.14. The molecule has 1 aromatic carbocycles. The second-order valence-electron chi connectivity index (χ2n) is 7.27. The van der Waals surface area contributed by atoms with Gasteiger partial charge < -0.3 is 16.0 Å². The van der Waals surface area contributed by atoms with Gasteiger partial charge in [0.05, 0.1) is 29.4 Å². The predicted octanol–water partition coefficient (Wildman–Crippen LogP) is 1.73. The Labute approximate surface area is 175 Å². The Balaban J connectivity index is 1.37. The fourth-order valence-electron chi connectivity index (χ4n) is 3.51. The first kappa shape index (κ1) is 20.8. The number of aromatic nitrogens is 4. The molecule has 1 aliphatic rings. The molecule has 0 atom stereocenters. The summed E-state index contributed by atoms with van der Waals surface area (Å²) in [5, 5.41) is 7.19. The van der Waals surface area contributed by atoms with Crippen molar-refractivity contribution in [2.24, 2.45) is 7.05 Å². The van der Waals surface area contributed by atoms with Gasteiger partial charge in [-0.2, -0.15) is 28.2 Å². The highest BCUT2D eigenvalue weighted by Gasteiger charge is 2.33. The minimum atomic E-state index is -4.54. The topological polar surface area (TPSA) is 105 Å². The van der Waals surface area contributed by atoms with Crippen LogP contribution in [0, 0.1) is 0 Å². The van der Waals surface area contributed by atoms with Crippen LogP contribution in [-0.2, 0) is 18.0 Å². The maximum absolute atomic E-state index is 13.1. The molecule has 12 heteroatoms. The van der Waals surface area contributed by atoms with Gasteiger partial charge in [0.1, 0.15) is 5.82 Å². The number of halogens is 3. The van der Waals surface area contributed by atoms with Crippen LogP contribution in [0.2, 0.25) is 0 Å². The van der Waals surface area contributed by atoms with Crippen LogP contribution in [0.25, 0.3) is 11.0 Å². The molecule has 0 bridgehead atoms. The van der Waals surface area contributed by atoms with Gasteiger partial charge >= 0.3 is 6.18 Å². The second-order valence-corrected chi connectivity index (χ2v) is 7.27. The lowest BCUT2D eigenvalue weighted by molar-refractivity contribution is -0.137. The molecule has 1 amide bonds. The SMILES string of the molecule is Cn1ncc2c(N)nc(N3CCN(CC(=O)Nc4ccccc4C(F)(F)F)CC3)nc21. The zero-order valence-corrected chi connectivity index (χ0v) is 16.7. The van der Waals surface area contributed by atoms with Crippen LogP contribution in [0.3, 0.4) is 0 Å². The number of nitrogens with one attached hydrogen (secondary N) is 1. The molecule has 3 aromatic rings. The van der Waals surface area contributed by atoms with Crippen LogP contribution in [-0.4, -0.2) is 63.3 Å². The van der Waals surface area contributed by atoms with Crippen LogP contribution < -0.4 is 16.0 Å². The number of nitrogens with zero attached hydrogens (tertiary/aromatic N) is 6. The first-order valence-corrected chi connectivity index (χ1v) is 9.61. The molecule has 164 valence electrons. The lowest BCUT2D eigenvalue weighted by Crippen LogP contribution is -2.49. The molecule has 3 heterocycles. The van der Waals surface area contributed by atoms with Gasteiger partial charge in [-0.05, 0) is 12.1 Å². The van der Waals surface area contributed by atoms with Crippen molar-refractivity contribution >= 4 is 34.4 Å². The average molecular weight is 434 g/mol. The normalized spacial score (nSPS) is 15.4. The minimum absolute atomic E-state index is 0.0101. The molecule has 0 radical (unpaired) electrons. The van der Waals surface area contributed by atoms with Crippen LogP contribution in [0.5, 0.6) is 0 Å². The van der Waals surface area contributed by atoms with Crippen molar-refractivity contribution in [2.75, 3.05) is 48.7 Å². The number of rotatable bonds is 4. The Morgan fingerprint density at radius 1 is 1.16 bits per heavy atom. The molecule has 0 spiro atoms. The van der Waals surface area contributed by atoms with E-state index < -0.39 is 17.6 Å². The number of fused-ring (bicyclic) bond motifs is 1. The Hall–Kier alpha value is -3.41. The van der Waals surface area contributed by atoms with E-state index >= 15 is 0 Å². The lowest BCUT2D eigenvalue weighted by atomic mass is 10.1. The maximum Gasteiger partial charge on any atom is 0.418 e. The molecule has 4 rings (SSSR count). The summed E-state index contributed by atoms with van der Waals surface area (Å²) < 4.78 is 40.9. The average Bonchev–Trinajstić information content (AvgIpc) is 3.09. The zero-order valence-electron chi connectivity index (χ0n) is 16.7. The van der Waals surface area contributed by atoms with E-state index in [1.165, 1.54) is 18.2 Å².